The van der Waals surface area contributed by atoms with Gasteiger partial charge in [-0.15, -0.1) is 0 Å². The van der Waals surface area contributed by atoms with E-state index in [1.54, 1.807) is 14.2 Å². The molecule has 16 heavy (non-hydrogen) atoms. The van der Waals surface area contributed by atoms with Crippen molar-refractivity contribution in [2.45, 2.75) is 25.0 Å². The quantitative estimate of drug-likeness (QED) is 0.817. The van der Waals surface area contributed by atoms with Crippen molar-refractivity contribution >= 4 is 17.4 Å². The van der Waals surface area contributed by atoms with E-state index in [0.717, 1.165) is 12.8 Å². The lowest BCUT2D eigenvalue weighted by Crippen LogP contribution is -2.40. The van der Waals surface area contributed by atoms with Crippen molar-refractivity contribution in [1.29, 1.82) is 0 Å². The molecular formula is C10H14ClN3O2. The van der Waals surface area contributed by atoms with Gasteiger partial charge in [-0.3, -0.25) is 0 Å². The summed E-state index contributed by atoms with van der Waals surface area (Å²) in [5.74, 6) is 1.13. The molecule has 1 heterocycles. The molecule has 0 bridgehead atoms. The average molecular weight is 244 g/mol. The molecule has 5 nitrogen and oxygen atoms in total. The van der Waals surface area contributed by atoms with Gasteiger partial charge in [0.1, 0.15) is 6.33 Å². The molecule has 2 rings (SSSR count). The maximum absolute atomic E-state index is 5.89. The van der Waals surface area contributed by atoms with Crippen molar-refractivity contribution < 1.29 is 9.47 Å². The highest BCUT2D eigenvalue weighted by Gasteiger charge is 2.30. The van der Waals surface area contributed by atoms with Crippen LogP contribution in [0.4, 0.5) is 5.82 Å². The standard InChI is InChI=1S/C10H14ClN3O2/c1-15-7-3-6(4-7)14-10-8(16-2)9(11)12-5-13-10/h5-7H,3-4H2,1-2H3,(H,12,13,14). The lowest BCUT2D eigenvalue weighted by atomic mass is 9.89. The Hall–Kier alpha value is -1.07. The van der Waals surface area contributed by atoms with Gasteiger partial charge in [-0.2, -0.15) is 0 Å². The first kappa shape index (κ1) is 11.4. The van der Waals surface area contributed by atoms with Gasteiger partial charge in [-0.1, -0.05) is 11.6 Å². The molecule has 0 atom stereocenters. The smallest absolute Gasteiger partial charge is 0.198 e. The third-order valence-electron chi connectivity index (χ3n) is 2.73. The van der Waals surface area contributed by atoms with Crippen molar-refractivity contribution in [2.24, 2.45) is 0 Å². The molecule has 6 heteroatoms. The largest absolute Gasteiger partial charge is 0.490 e. The van der Waals surface area contributed by atoms with Gasteiger partial charge in [0.15, 0.2) is 16.7 Å². The highest BCUT2D eigenvalue weighted by Crippen LogP contribution is 2.32. The van der Waals surface area contributed by atoms with Gasteiger partial charge in [0.2, 0.25) is 0 Å². The van der Waals surface area contributed by atoms with Crippen LogP contribution in [-0.4, -0.2) is 36.3 Å². The summed E-state index contributed by atoms with van der Waals surface area (Å²) in [5, 5.41) is 3.58. The molecule has 1 aliphatic rings. The van der Waals surface area contributed by atoms with Crippen LogP contribution in [0.1, 0.15) is 12.8 Å². The molecule has 1 fully saturated rings. The van der Waals surface area contributed by atoms with Crippen molar-refractivity contribution in [3.05, 3.63) is 11.5 Å². The number of methoxy groups -OCH3 is 2. The van der Waals surface area contributed by atoms with Crippen LogP contribution in [0.3, 0.4) is 0 Å². The third-order valence-corrected chi connectivity index (χ3v) is 3.00. The average Bonchev–Trinajstić information content (AvgIpc) is 2.23. The zero-order chi connectivity index (χ0) is 11.5. The Balaban J connectivity index is 2.02. The van der Waals surface area contributed by atoms with Crippen LogP contribution in [-0.2, 0) is 4.74 Å². The molecule has 0 unspecified atom stereocenters. The Morgan fingerprint density at radius 3 is 2.75 bits per heavy atom. The second-order valence-corrected chi connectivity index (χ2v) is 4.07. The fraction of sp³-hybridized carbons (Fsp3) is 0.600. The summed E-state index contributed by atoms with van der Waals surface area (Å²) < 4.78 is 10.4. The monoisotopic (exact) mass is 243 g/mol. The number of nitrogens with zero attached hydrogens (tertiary/aromatic N) is 2. The van der Waals surface area contributed by atoms with E-state index in [1.807, 2.05) is 0 Å². The minimum absolute atomic E-state index is 0.322. The minimum Gasteiger partial charge on any atom is -0.490 e. The predicted octanol–water partition coefficient (Wildman–Crippen LogP) is 1.73. The molecule has 88 valence electrons. The molecule has 0 saturated heterocycles. The zero-order valence-electron chi connectivity index (χ0n) is 9.24. The number of halogens is 1. The molecule has 0 aliphatic heterocycles. The Morgan fingerprint density at radius 2 is 2.12 bits per heavy atom. The van der Waals surface area contributed by atoms with Crippen LogP contribution in [0.5, 0.6) is 5.75 Å². The van der Waals surface area contributed by atoms with Crippen LogP contribution >= 0.6 is 11.6 Å². The molecule has 1 aromatic rings. The Bertz CT molecular complexity index is 369. The maximum Gasteiger partial charge on any atom is 0.198 e. The fourth-order valence-electron chi connectivity index (χ4n) is 1.71. The highest BCUT2D eigenvalue weighted by molar-refractivity contribution is 6.31. The normalized spacial score (nSPS) is 23.7. The summed E-state index contributed by atoms with van der Waals surface area (Å²) in [6.45, 7) is 0. The van der Waals surface area contributed by atoms with Gasteiger partial charge in [0.25, 0.3) is 0 Å². The third kappa shape index (κ3) is 2.20. The molecule has 0 radical (unpaired) electrons. The summed E-state index contributed by atoms with van der Waals surface area (Å²) in [7, 11) is 3.28. The molecule has 1 N–H and O–H groups in total. The van der Waals surface area contributed by atoms with Crippen molar-refractivity contribution in [3.8, 4) is 5.75 Å². The van der Waals surface area contributed by atoms with E-state index in [2.05, 4.69) is 15.3 Å². The lowest BCUT2D eigenvalue weighted by Gasteiger charge is -2.35. The first-order valence-corrected chi connectivity index (χ1v) is 5.46. The molecule has 0 amide bonds. The van der Waals surface area contributed by atoms with Crippen LogP contribution < -0.4 is 10.1 Å². The minimum atomic E-state index is 0.322. The molecule has 1 aromatic heterocycles. The topological polar surface area (TPSA) is 56.3 Å². The second kappa shape index (κ2) is 4.84. The Kier molecular flexibility index (Phi) is 3.46. The fourth-order valence-corrected chi connectivity index (χ4v) is 1.92. The molecule has 0 aromatic carbocycles. The molecule has 0 spiro atoms. The number of hydrogen-bond donors (Lipinski definition) is 1. The summed E-state index contributed by atoms with van der Waals surface area (Å²) in [6.07, 6.45) is 3.71. The summed E-state index contributed by atoms with van der Waals surface area (Å²) in [4.78, 5) is 7.97. The van der Waals surface area contributed by atoms with E-state index < -0.39 is 0 Å². The summed E-state index contributed by atoms with van der Waals surface area (Å²) in [6, 6.07) is 0.366. The van der Waals surface area contributed by atoms with Crippen molar-refractivity contribution in [2.75, 3.05) is 19.5 Å². The highest BCUT2D eigenvalue weighted by atomic mass is 35.5. The Labute approximate surface area is 99.1 Å². The van der Waals surface area contributed by atoms with Gasteiger partial charge in [-0.25, -0.2) is 9.97 Å². The number of anilines is 1. The van der Waals surface area contributed by atoms with E-state index in [-0.39, 0.29) is 0 Å². The Morgan fingerprint density at radius 1 is 1.38 bits per heavy atom. The van der Waals surface area contributed by atoms with Gasteiger partial charge in [0.05, 0.1) is 13.2 Å². The molecular weight excluding hydrogens is 230 g/mol. The number of ether oxygens (including phenoxy) is 2. The predicted molar refractivity (Wildman–Crippen MR) is 61.0 cm³/mol. The number of rotatable bonds is 4. The summed E-state index contributed by atoms with van der Waals surface area (Å²) in [5.41, 5.74) is 0. The van der Waals surface area contributed by atoms with Crippen LogP contribution in [0.2, 0.25) is 5.15 Å². The number of hydrogen-bond acceptors (Lipinski definition) is 5. The lowest BCUT2D eigenvalue weighted by molar-refractivity contribution is 0.0327. The van der Waals surface area contributed by atoms with Gasteiger partial charge in [0, 0.05) is 13.2 Å². The van der Waals surface area contributed by atoms with Crippen molar-refractivity contribution in [1.82, 2.24) is 9.97 Å². The van der Waals surface area contributed by atoms with E-state index in [0.29, 0.717) is 28.9 Å². The van der Waals surface area contributed by atoms with E-state index in [4.69, 9.17) is 21.1 Å². The number of aromatic nitrogens is 2. The van der Waals surface area contributed by atoms with E-state index in [9.17, 15) is 0 Å². The van der Waals surface area contributed by atoms with Gasteiger partial charge >= 0.3 is 0 Å². The molecule has 1 aliphatic carbocycles. The zero-order valence-corrected chi connectivity index (χ0v) is 9.99. The van der Waals surface area contributed by atoms with Crippen LogP contribution in [0.15, 0.2) is 6.33 Å². The van der Waals surface area contributed by atoms with Gasteiger partial charge in [-0.05, 0) is 12.8 Å². The second-order valence-electron chi connectivity index (χ2n) is 3.72. The maximum atomic E-state index is 5.89. The first-order valence-electron chi connectivity index (χ1n) is 5.08. The van der Waals surface area contributed by atoms with Gasteiger partial charge < -0.3 is 14.8 Å². The first-order chi connectivity index (χ1) is 7.74. The van der Waals surface area contributed by atoms with Crippen LogP contribution in [0.25, 0.3) is 0 Å². The summed E-state index contributed by atoms with van der Waals surface area (Å²) >= 11 is 5.89. The van der Waals surface area contributed by atoms with Crippen molar-refractivity contribution in [3.63, 3.8) is 0 Å². The van der Waals surface area contributed by atoms with E-state index in [1.165, 1.54) is 6.33 Å². The SMILES string of the molecule is COc1c(Cl)ncnc1NC1CC(OC)C1. The van der Waals surface area contributed by atoms with E-state index >= 15 is 0 Å². The molecule has 1 saturated carbocycles. The van der Waals surface area contributed by atoms with Crippen LogP contribution in [0, 0.1) is 0 Å². The number of nitrogens with one attached hydrogen (secondary N) is 1.